The minimum absolute atomic E-state index is 0.292. The fourth-order valence-electron chi connectivity index (χ4n) is 1.99. The molecule has 0 radical (unpaired) electrons. The van der Waals surface area contributed by atoms with E-state index in [1.807, 2.05) is 42.5 Å². The van der Waals surface area contributed by atoms with Crippen LogP contribution >= 0.6 is 0 Å². The molecule has 2 aromatic carbocycles. The second-order valence-corrected chi connectivity index (χ2v) is 4.71. The van der Waals surface area contributed by atoms with Crippen molar-refractivity contribution in [3.63, 3.8) is 0 Å². The molecule has 21 heavy (non-hydrogen) atoms. The van der Waals surface area contributed by atoms with Crippen molar-refractivity contribution >= 4 is 5.69 Å². The zero-order chi connectivity index (χ0) is 14.5. The number of benzene rings is 2. The first-order chi connectivity index (χ1) is 10.3. The fraction of sp³-hybridized carbons (Fsp3) is 0.0588. The fourth-order valence-corrected chi connectivity index (χ4v) is 1.99. The largest absolute Gasteiger partial charge is 0.424 e. The van der Waals surface area contributed by atoms with Crippen molar-refractivity contribution in [1.29, 1.82) is 0 Å². The third-order valence-corrected chi connectivity index (χ3v) is 3.03. The van der Waals surface area contributed by atoms with Crippen LogP contribution < -0.4 is 10.5 Å². The van der Waals surface area contributed by atoms with Gasteiger partial charge in [-0.05, 0) is 29.7 Å². The van der Waals surface area contributed by atoms with Gasteiger partial charge in [-0.1, -0.05) is 42.5 Å². The van der Waals surface area contributed by atoms with Gasteiger partial charge < -0.3 is 10.5 Å². The normalized spacial score (nSPS) is 10.3. The van der Waals surface area contributed by atoms with Gasteiger partial charge in [0.05, 0.1) is 18.1 Å². The average molecular weight is 277 g/mol. The molecular formula is C17H15N3O. The maximum atomic E-state index is 5.56. The highest BCUT2D eigenvalue weighted by Crippen LogP contribution is 2.19. The summed E-state index contributed by atoms with van der Waals surface area (Å²) in [4.78, 5) is 8.01. The Labute approximate surface area is 123 Å². The molecule has 0 spiro atoms. The summed E-state index contributed by atoms with van der Waals surface area (Å²) < 4.78 is 5.56. The molecule has 1 aromatic heterocycles. The zero-order valence-corrected chi connectivity index (χ0v) is 11.4. The summed E-state index contributed by atoms with van der Waals surface area (Å²) in [6.45, 7) is 0. The van der Waals surface area contributed by atoms with E-state index in [2.05, 4.69) is 22.1 Å². The number of hydrogen-bond acceptors (Lipinski definition) is 4. The van der Waals surface area contributed by atoms with E-state index >= 15 is 0 Å². The molecule has 0 aliphatic rings. The summed E-state index contributed by atoms with van der Waals surface area (Å²) in [5.74, 6) is 0.705. The first-order valence-electron chi connectivity index (χ1n) is 6.68. The molecule has 4 nitrogen and oxygen atoms in total. The highest BCUT2D eigenvalue weighted by molar-refractivity contribution is 5.34. The van der Waals surface area contributed by atoms with Crippen molar-refractivity contribution in [2.24, 2.45) is 0 Å². The van der Waals surface area contributed by atoms with Gasteiger partial charge >= 0.3 is 6.01 Å². The smallest absolute Gasteiger partial charge is 0.322 e. The van der Waals surface area contributed by atoms with Crippen LogP contribution in [0, 0.1) is 0 Å². The predicted molar refractivity (Wildman–Crippen MR) is 82.2 cm³/mol. The molecule has 0 aliphatic heterocycles. The molecule has 0 saturated carbocycles. The van der Waals surface area contributed by atoms with Gasteiger partial charge in [0.2, 0.25) is 0 Å². The monoisotopic (exact) mass is 277 g/mol. The van der Waals surface area contributed by atoms with Crippen LogP contribution in [0.2, 0.25) is 0 Å². The molecule has 0 unspecified atom stereocenters. The number of anilines is 1. The standard InChI is InChI=1S/C17H15N3O/c18-15-11-19-17(20-12-15)21-16-8-6-14(7-9-16)10-13-4-2-1-3-5-13/h1-9,11-12H,10,18H2. The number of ether oxygens (including phenoxy) is 1. The van der Waals surface area contributed by atoms with Crippen molar-refractivity contribution in [3.05, 3.63) is 78.1 Å². The molecule has 0 atom stereocenters. The maximum absolute atomic E-state index is 5.56. The van der Waals surface area contributed by atoms with Crippen molar-refractivity contribution < 1.29 is 4.74 Å². The van der Waals surface area contributed by atoms with Gasteiger partial charge in [-0.25, -0.2) is 9.97 Å². The first-order valence-corrected chi connectivity index (χ1v) is 6.68. The van der Waals surface area contributed by atoms with Gasteiger partial charge in [0.25, 0.3) is 0 Å². The van der Waals surface area contributed by atoms with Gasteiger partial charge in [0.15, 0.2) is 0 Å². The predicted octanol–water partition coefficient (Wildman–Crippen LogP) is 3.44. The number of nitrogens with two attached hydrogens (primary N) is 1. The summed E-state index contributed by atoms with van der Waals surface area (Å²) in [7, 11) is 0. The Morgan fingerprint density at radius 2 is 1.43 bits per heavy atom. The molecule has 0 fully saturated rings. The summed E-state index contributed by atoms with van der Waals surface area (Å²) in [5.41, 5.74) is 8.56. The topological polar surface area (TPSA) is 61.0 Å². The summed E-state index contributed by atoms with van der Waals surface area (Å²) in [6.07, 6.45) is 3.94. The molecule has 0 bridgehead atoms. The lowest BCUT2D eigenvalue weighted by Crippen LogP contribution is -1.94. The third-order valence-electron chi connectivity index (χ3n) is 3.03. The van der Waals surface area contributed by atoms with Crippen LogP contribution in [-0.4, -0.2) is 9.97 Å². The van der Waals surface area contributed by atoms with Crippen LogP contribution in [0.5, 0.6) is 11.8 Å². The number of nitrogen functional groups attached to an aromatic ring is 1. The molecule has 4 heteroatoms. The van der Waals surface area contributed by atoms with E-state index in [-0.39, 0.29) is 0 Å². The van der Waals surface area contributed by atoms with Crippen molar-refractivity contribution in [3.8, 4) is 11.8 Å². The molecule has 3 aromatic rings. The number of aromatic nitrogens is 2. The Morgan fingerprint density at radius 3 is 2.10 bits per heavy atom. The zero-order valence-electron chi connectivity index (χ0n) is 11.4. The van der Waals surface area contributed by atoms with E-state index in [1.54, 1.807) is 0 Å². The summed E-state index contributed by atoms with van der Waals surface area (Å²) in [6, 6.07) is 18.6. The number of nitrogens with zero attached hydrogens (tertiary/aromatic N) is 2. The lowest BCUT2D eigenvalue weighted by atomic mass is 10.1. The van der Waals surface area contributed by atoms with Gasteiger partial charge in [-0.15, -0.1) is 0 Å². The highest BCUT2D eigenvalue weighted by atomic mass is 16.5. The second kappa shape index (κ2) is 6.05. The van der Waals surface area contributed by atoms with E-state index in [1.165, 1.54) is 23.5 Å². The number of hydrogen-bond donors (Lipinski definition) is 1. The lowest BCUT2D eigenvalue weighted by Gasteiger charge is -2.05. The molecule has 104 valence electrons. The van der Waals surface area contributed by atoms with E-state index in [4.69, 9.17) is 10.5 Å². The van der Waals surface area contributed by atoms with Crippen LogP contribution in [0.15, 0.2) is 67.0 Å². The number of rotatable bonds is 4. The molecule has 3 rings (SSSR count). The minimum Gasteiger partial charge on any atom is -0.424 e. The second-order valence-electron chi connectivity index (χ2n) is 4.71. The summed E-state index contributed by atoms with van der Waals surface area (Å²) >= 11 is 0. The van der Waals surface area contributed by atoms with E-state index in [0.29, 0.717) is 17.4 Å². The van der Waals surface area contributed by atoms with Crippen LogP contribution in [0.1, 0.15) is 11.1 Å². The van der Waals surface area contributed by atoms with Crippen LogP contribution in [0.25, 0.3) is 0 Å². The van der Waals surface area contributed by atoms with Crippen molar-refractivity contribution in [2.75, 3.05) is 5.73 Å². The molecule has 2 N–H and O–H groups in total. The molecule has 0 amide bonds. The van der Waals surface area contributed by atoms with E-state index in [0.717, 1.165) is 6.42 Å². The van der Waals surface area contributed by atoms with Crippen molar-refractivity contribution in [1.82, 2.24) is 9.97 Å². The third kappa shape index (κ3) is 3.57. The Morgan fingerprint density at radius 1 is 0.810 bits per heavy atom. The molecule has 1 heterocycles. The van der Waals surface area contributed by atoms with Crippen LogP contribution in [0.4, 0.5) is 5.69 Å². The first kappa shape index (κ1) is 13.1. The Kier molecular flexibility index (Phi) is 3.78. The molecule has 0 aliphatic carbocycles. The van der Waals surface area contributed by atoms with Gasteiger partial charge in [0, 0.05) is 0 Å². The van der Waals surface area contributed by atoms with Gasteiger partial charge in [-0.3, -0.25) is 0 Å². The maximum Gasteiger partial charge on any atom is 0.322 e. The highest BCUT2D eigenvalue weighted by Gasteiger charge is 2.01. The van der Waals surface area contributed by atoms with Crippen LogP contribution in [-0.2, 0) is 6.42 Å². The van der Waals surface area contributed by atoms with E-state index in [9.17, 15) is 0 Å². The van der Waals surface area contributed by atoms with Crippen molar-refractivity contribution in [2.45, 2.75) is 6.42 Å². The summed E-state index contributed by atoms with van der Waals surface area (Å²) in [5, 5.41) is 0. The molecular weight excluding hydrogens is 262 g/mol. The quantitative estimate of drug-likeness (QED) is 0.793. The molecule has 0 saturated heterocycles. The van der Waals surface area contributed by atoms with Gasteiger partial charge in [-0.2, -0.15) is 0 Å². The SMILES string of the molecule is Nc1cnc(Oc2ccc(Cc3ccccc3)cc2)nc1. The van der Waals surface area contributed by atoms with E-state index < -0.39 is 0 Å². The Bertz CT molecular complexity index is 694. The minimum atomic E-state index is 0.292. The van der Waals surface area contributed by atoms with Crippen LogP contribution in [0.3, 0.4) is 0 Å². The lowest BCUT2D eigenvalue weighted by molar-refractivity contribution is 0.442. The van der Waals surface area contributed by atoms with Gasteiger partial charge in [0.1, 0.15) is 5.75 Å². The average Bonchev–Trinajstić information content (AvgIpc) is 2.53. The Hall–Kier alpha value is -2.88. The Balaban J connectivity index is 1.68.